The Labute approximate surface area is 86.0 Å². The molecular formula is C10H10N2OS. The molecule has 0 atom stereocenters. The van der Waals surface area contributed by atoms with Crippen LogP contribution in [0.2, 0.25) is 0 Å². The van der Waals surface area contributed by atoms with Crippen LogP contribution >= 0.6 is 11.3 Å². The first-order valence-corrected chi connectivity index (χ1v) is 5.19. The minimum atomic E-state index is 0.0526. The second-order valence-corrected chi connectivity index (χ2v) is 3.94. The monoisotopic (exact) mass is 206 g/mol. The largest absolute Gasteiger partial charge is 0.288 e. The fraction of sp³-hybridized carbons (Fsp3) is 0.200. The van der Waals surface area contributed by atoms with Crippen LogP contribution in [-0.2, 0) is 7.05 Å². The molecule has 3 nitrogen and oxygen atoms in total. The first-order valence-electron chi connectivity index (χ1n) is 4.24. The predicted octanol–water partition coefficient (Wildman–Crippen LogP) is 2.02. The number of carbonyl (C=O) groups excluding carboxylic acids is 1. The maximum Gasteiger partial charge on any atom is 0.197 e. The maximum absolute atomic E-state index is 11.9. The van der Waals surface area contributed by atoms with Crippen LogP contribution < -0.4 is 0 Å². The summed E-state index contributed by atoms with van der Waals surface area (Å²) in [5.74, 6) is 0.0526. The van der Waals surface area contributed by atoms with Crippen molar-refractivity contribution < 1.29 is 4.79 Å². The molecule has 4 heteroatoms. The van der Waals surface area contributed by atoms with Crippen LogP contribution in [0.4, 0.5) is 0 Å². The van der Waals surface area contributed by atoms with Gasteiger partial charge >= 0.3 is 0 Å². The Balaban J connectivity index is 2.38. The number of aromatic nitrogens is 2. The highest BCUT2D eigenvalue weighted by Gasteiger charge is 2.13. The van der Waals surface area contributed by atoms with Gasteiger partial charge < -0.3 is 0 Å². The van der Waals surface area contributed by atoms with E-state index in [-0.39, 0.29) is 5.78 Å². The van der Waals surface area contributed by atoms with Gasteiger partial charge in [-0.1, -0.05) is 0 Å². The molecule has 0 saturated carbocycles. The highest BCUT2D eigenvalue weighted by Crippen LogP contribution is 2.17. The predicted molar refractivity (Wildman–Crippen MR) is 55.7 cm³/mol. The van der Waals surface area contributed by atoms with Gasteiger partial charge in [-0.05, 0) is 17.9 Å². The number of thiophene rings is 1. The minimum absolute atomic E-state index is 0.0526. The van der Waals surface area contributed by atoms with Gasteiger partial charge in [-0.25, -0.2) is 0 Å². The second kappa shape index (κ2) is 3.38. The third-order valence-corrected chi connectivity index (χ3v) is 2.93. The number of carbonyl (C=O) groups is 1. The highest BCUT2D eigenvalue weighted by molar-refractivity contribution is 7.08. The molecule has 0 aromatic carbocycles. The van der Waals surface area contributed by atoms with E-state index in [0.29, 0.717) is 5.56 Å². The van der Waals surface area contributed by atoms with Gasteiger partial charge in [-0.15, -0.1) is 0 Å². The molecule has 0 N–H and O–H groups in total. The molecule has 2 heterocycles. The fourth-order valence-electron chi connectivity index (χ4n) is 1.29. The lowest BCUT2D eigenvalue weighted by Gasteiger charge is -1.94. The van der Waals surface area contributed by atoms with Crippen LogP contribution in [0.5, 0.6) is 0 Å². The number of aryl methyl sites for hydroxylation is 2. The van der Waals surface area contributed by atoms with Crippen molar-refractivity contribution >= 4 is 17.1 Å². The van der Waals surface area contributed by atoms with Crippen molar-refractivity contribution in [2.75, 3.05) is 0 Å². The van der Waals surface area contributed by atoms with Gasteiger partial charge in [-0.2, -0.15) is 16.4 Å². The lowest BCUT2D eigenvalue weighted by molar-refractivity contribution is 0.103. The lowest BCUT2D eigenvalue weighted by Crippen LogP contribution is -1.99. The molecule has 14 heavy (non-hydrogen) atoms. The van der Waals surface area contributed by atoms with Gasteiger partial charge in [0.25, 0.3) is 0 Å². The Bertz CT molecular complexity index is 470. The summed E-state index contributed by atoms with van der Waals surface area (Å²) in [6.07, 6.45) is 3.33. The van der Waals surface area contributed by atoms with Gasteiger partial charge in [0.05, 0.1) is 11.8 Å². The highest BCUT2D eigenvalue weighted by atomic mass is 32.1. The molecule has 2 rings (SSSR count). The van der Waals surface area contributed by atoms with Crippen LogP contribution in [0.3, 0.4) is 0 Å². The molecule has 0 spiro atoms. The van der Waals surface area contributed by atoms with E-state index in [1.54, 1.807) is 35.5 Å². The number of ketones is 1. The minimum Gasteiger partial charge on any atom is -0.288 e. The Hall–Kier alpha value is -1.42. The Kier molecular flexibility index (Phi) is 2.21. The standard InChI is InChI=1S/C10H10N2OS/c1-7-5-14-6-9(7)10(13)8-3-11-12(2)4-8/h3-6H,1-2H3. The number of hydrogen-bond acceptors (Lipinski definition) is 3. The maximum atomic E-state index is 11.9. The Morgan fingerprint density at radius 3 is 2.79 bits per heavy atom. The molecule has 2 aromatic heterocycles. The summed E-state index contributed by atoms with van der Waals surface area (Å²) in [6.45, 7) is 1.94. The van der Waals surface area contributed by atoms with Gasteiger partial charge in [0.15, 0.2) is 5.78 Å². The molecule has 72 valence electrons. The SMILES string of the molecule is Cc1cscc1C(=O)c1cnn(C)c1. The van der Waals surface area contributed by atoms with E-state index in [4.69, 9.17) is 0 Å². The van der Waals surface area contributed by atoms with E-state index in [9.17, 15) is 4.79 Å². The zero-order valence-electron chi connectivity index (χ0n) is 8.02. The summed E-state index contributed by atoms with van der Waals surface area (Å²) >= 11 is 1.55. The molecule has 0 radical (unpaired) electrons. The molecule has 0 aliphatic carbocycles. The van der Waals surface area contributed by atoms with E-state index in [0.717, 1.165) is 11.1 Å². The van der Waals surface area contributed by atoms with Crippen molar-refractivity contribution in [1.29, 1.82) is 0 Å². The zero-order chi connectivity index (χ0) is 10.1. The third-order valence-electron chi connectivity index (χ3n) is 2.07. The molecule has 0 amide bonds. The van der Waals surface area contributed by atoms with Crippen LogP contribution in [0.1, 0.15) is 21.5 Å². The first kappa shape index (κ1) is 9.15. The van der Waals surface area contributed by atoms with Gasteiger partial charge in [0.1, 0.15) is 0 Å². The average molecular weight is 206 g/mol. The Morgan fingerprint density at radius 2 is 2.29 bits per heavy atom. The quantitative estimate of drug-likeness (QED) is 0.705. The fourth-order valence-corrected chi connectivity index (χ4v) is 2.12. The summed E-state index contributed by atoms with van der Waals surface area (Å²) in [5.41, 5.74) is 2.46. The second-order valence-electron chi connectivity index (χ2n) is 3.20. The van der Waals surface area contributed by atoms with Crippen molar-refractivity contribution in [3.8, 4) is 0 Å². The van der Waals surface area contributed by atoms with E-state index >= 15 is 0 Å². The van der Waals surface area contributed by atoms with E-state index < -0.39 is 0 Å². The summed E-state index contributed by atoms with van der Waals surface area (Å²) in [7, 11) is 1.80. The number of rotatable bonds is 2. The third kappa shape index (κ3) is 1.48. The zero-order valence-corrected chi connectivity index (χ0v) is 8.84. The molecule has 0 saturated heterocycles. The summed E-state index contributed by atoms with van der Waals surface area (Å²) in [5, 5.41) is 7.83. The van der Waals surface area contributed by atoms with E-state index in [1.807, 2.05) is 17.7 Å². The molecule has 0 aliphatic rings. The first-order chi connectivity index (χ1) is 6.68. The van der Waals surface area contributed by atoms with Crippen LogP contribution in [0.15, 0.2) is 23.2 Å². The lowest BCUT2D eigenvalue weighted by atomic mass is 10.1. The van der Waals surface area contributed by atoms with Crippen LogP contribution in [-0.4, -0.2) is 15.6 Å². The Morgan fingerprint density at radius 1 is 1.50 bits per heavy atom. The smallest absolute Gasteiger partial charge is 0.197 e. The van der Waals surface area contributed by atoms with Crippen molar-refractivity contribution in [1.82, 2.24) is 9.78 Å². The van der Waals surface area contributed by atoms with Gasteiger partial charge in [-0.3, -0.25) is 9.48 Å². The van der Waals surface area contributed by atoms with Gasteiger partial charge in [0.2, 0.25) is 0 Å². The average Bonchev–Trinajstić information content (AvgIpc) is 2.73. The molecule has 0 fully saturated rings. The van der Waals surface area contributed by atoms with Crippen molar-refractivity contribution in [2.24, 2.45) is 7.05 Å². The molecule has 2 aromatic rings. The van der Waals surface area contributed by atoms with Crippen LogP contribution in [0.25, 0.3) is 0 Å². The normalized spacial score (nSPS) is 10.4. The molecule has 0 aliphatic heterocycles. The topological polar surface area (TPSA) is 34.9 Å². The summed E-state index contributed by atoms with van der Waals surface area (Å²) < 4.78 is 1.63. The molecular weight excluding hydrogens is 196 g/mol. The van der Waals surface area contributed by atoms with Crippen molar-refractivity contribution in [3.63, 3.8) is 0 Å². The van der Waals surface area contributed by atoms with Crippen molar-refractivity contribution in [3.05, 3.63) is 39.8 Å². The van der Waals surface area contributed by atoms with Crippen LogP contribution in [0, 0.1) is 6.92 Å². The summed E-state index contributed by atoms with van der Waals surface area (Å²) in [6, 6.07) is 0. The number of nitrogens with zero attached hydrogens (tertiary/aromatic N) is 2. The molecule has 0 unspecified atom stereocenters. The number of hydrogen-bond donors (Lipinski definition) is 0. The van der Waals surface area contributed by atoms with Crippen molar-refractivity contribution in [2.45, 2.75) is 6.92 Å². The van der Waals surface area contributed by atoms with E-state index in [2.05, 4.69) is 5.10 Å². The van der Waals surface area contributed by atoms with E-state index in [1.165, 1.54) is 0 Å². The van der Waals surface area contributed by atoms with Gasteiger partial charge in [0, 0.05) is 24.2 Å². The molecule has 0 bridgehead atoms. The summed E-state index contributed by atoms with van der Waals surface area (Å²) in [4.78, 5) is 11.9.